The molecule has 2 nitrogen and oxygen atoms in total. The first-order valence-electron chi connectivity index (χ1n) is 18.2. The van der Waals surface area contributed by atoms with E-state index < -0.39 is 0 Å². The molecular weight excluding hydrogens is 661 g/mol. The van der Waals surface area contributed by atoms with Crippen molar-refractivity contribution < 1.29 is 0 Å². The van der Waals surface area contributed by atoms with Crippen molar-refractivity contribution in [3.63, 3.8) is 0 Å². The number of allylic oxidation sites excluding steroid dienone is 4. The summed E-state index contributed by atoms with van der Waals surface area (Å²) in [6, 6.07) is 55.0. The van der Waals surface area contributed by atoms with Gasteiger partial charge in [0.2, 0.25) is 0 Å². The second-order valence-electron chi connectivity index (χ2n) is 14.1. The van der Waals surface area contributed by atoms with Crippen molar-refractivity contribution in [2.75, 3.05) is 11.4 Å². The Bertz CT molecular complexity index is 2720. The third-order valence-electron chi connectivity index (χ3n) is 11.1. The number of benzene rings is 6. The number of hydrogen-bond donors (Lipinski definition) is 0. The van der Waals surface area contributed by atoms with Crippen molar-refractivity contribution in [3.8, 4) is 33.5 Å². The predicted molar refractivity (Wildman–Crippen MR) is 226 cm³/mol. The number of nitrogens with zero attached hydrogens (tertiary/aromatic N) is 2. The number of pyridine rings is 1. The van der Waals surface area contributed by atoms with E-state index in [1.807, 2.05) is 11.3 Å². The van der Waals surface area contributed by atoms with Crippen LogP contribution >= 0.6 is 11.3 Å². The van der Waals surface area contributed by atoms with Crippen molar-refractivity contribution in [3.05, 3.63) is 205 Å². The Labute approximate surface area is 314 Å². The first-order chi connectivity index (χ1) is 26.1. The van der Waals surface area contributed by atoms with E-state index in [0.717, 1.165) is 45.0 Å². The fraction of sp³-hybridized carbons (Fsp3) is 0.0600. The molecule has 0 N–H and O–H groups in total. The van der Waals surface area contributed by atoms with E-state index in [9.17, 15) is 0 Å². The standard InChI is InChI=1S/C50H36N2S/c1-33-17-7-6-16-28-52(47-30-36(34-18-8-3-9-19-34)29-44(51-47)35-20-10-4-11-21-35)45-32-46-42(31-41(33)45)40-27-26-39-38-24-14-15-25-43(38)50(2,48(39)49(40)53-46)37-22-12-5-13-23-37/h3-27,29-32H,1,28H2,2H3/b16-6-,17-7-. The minimum absolute atomic E-state index is 0.279. The molecule has 1 atom stereocenters. The quantitative estimate of drug-likeness (QED) is 0.182. The van der Waals surface area contributed by atoms with Crippen LogP contribution in [0, 0.1) is 0 Å². The van der Waals surface area contributed by atoms with Crippen LogP contribution in [0.25, 0.3) is 59.3 Å². The van der Waals surface area contributed by atoms with E-state index in [1.54, 1.807) is 0 Å². The highest BCUT2D eigenvalue weighted by Gasteiger charge is 2.42. The molecule has 2 aromatic heterocycles. The maximum absolute atomic E-state index is 5.37. The molecule has 0 saturated carbocycles. The van der Waals surface area contributed by atoms with Gasteiger partial charge < -0.3 is 4.90 Å². The Morgan fingerprint density at radius 2 is 1.36 bits per heavy atom. The average molecular weight is 697 g/mol. The zero-order valence-corrected chi connectivity index (χ0v) is 30.3. The van der Waals surface area contributed by atoms with Crippen LogP contribution in [-0.2, 0) is 5.41 Å². The number of fused-ring (bicyclic) bond motifs is 8. The maximum Gasteiger partial charge on any atom is 0.134 e. The molecule has 3 heteroatoms. The number of hydrogen-bond acceptors (Lipinski definition) is 3. The van der Waals surface area contributed by atoms with Crippen LogP contribution in [0.4, 0.5) is 11.5 Å². The normalized spacial score (nSPS) is 17.5. The third kappa shape index (κ3) is 5.03. The van der Waals surface area contributed by atoms with Crippen molar-refractivity contribution in [1.29, 1.82) is 0 Å². The van der Waals surface area contributed by atoms with Crippen molar-refractivity contribution in [2.45, 2.75) is 12.3 Å². The van der Waals surface area contributed by atoms with Crippen LogP contribution in [0.15, 0.2) is 183 Å². The van der Waals surface area contributed by atoms with Gasteiger partial charge in [-0.2, -0.15) is 0 Å². The SMILES string of the molecule is C=C1/C=C\C=C/CN(c2cc(-c3ccccc3)cc(-c3ccccc3)n2)c2cc3sc4c5c(ccc4c3cc21)-c1ccccc1C5(C)c1ccccc1. The minimum Gasteiger partial charge on any atom is -0.322 e. The molecule has 0 amide bonds. The molecule has 1 unspecified atom stereocenters. The lowest BCUT2D eigenvalue weighted by atomic mass is 9.74. The number of anilines is 2. The molecule has 0 saturated heterocycles. The Morgan fingerprint density at radius 1 is 0.642 bits per heavy atom. The summed E-state index contributed by atoms with van der Waals surface area (Å²) in [7, 11) is 0. The minimum atomic E-state index is -0.279. The second kappa shape index (κ2) is 12.4. The molecule has 8 aromatic rings. The first-order valence-corrected chi connectivity index (χ1v) is 19.0. The molecule has 2 aliphatic rings. The van der Waals surface area contributed by atoms with Crippen LogP contribution in [0.1, 0.15) is 29.2 Å². The smallest absolute Gasteiger partial charge is 0.134 e. The van der Waals surface area contributed by atoms with Gasteiger partial charge in [0.1, 0.15) is 5.82 Å². The van der Waals surface area contributed by atoms with Gasteiger partial charge in [-0.1, -0.05) is 158 Å². The van der Waals surface area contributed by atoms with E-state index in [2.05, 4.69) is 194 Å². The number of rotatable bonds is 4. The topological polar surface area (TPSA) is 16.1 Å². The monoisotopic (exact) mass is 696 g/mol. The molecule has 3 heterocycles. The molecule has 252 valence electrons. The predicted octanol–water partition coefficient (Wildman–Crippen LogP) is 13.4. The molecule has 10 rings (SSSR count). The van der Waals surface area contributed by atoms with E-state index in [-0.39, 0.29) is 5.41 Å². The molecule has 0 bridgehead atoms. The highest BCUT2D eigenvalue weighted by Crippen LogP contribution is 2.57. The van der Waals surface area contributed by atoms with Crippen LogP contribution in [0.3, 0.4) is 0 Å². The van der Waals surface area contributed by atoms with Crippen LogP contribution < -0.4 is 4.90 Å². The van der Waals surface area contributed by atoms with Crippen molar-refractivity contribution in [2.24, 2.45) is 0 Å². The Balaban J connectivity index is 1.22. The van der Waals surface area contributed by atoms with E-state index in [0.29, 0.717) is 6.54 Å². The van der Waals surface area contributed by atoms with Gasteiger partial charge >= 0.3 is 0 Å². The summed E-state index contributed by atoms with van der Waals surface area (Å²) in [5, 5.41) is 2.55. The highest BCUT2D eigenvalue weighted by atomic mass is 32.1. The molecule has 1 aliphatic heterocycles. The number of aromatic nitrogens is 1. The van der Waals surface area contributed by atoms with Gasteiger partial charge in [0.15, 0.2) is 0 Å². The van der Waals surface area contributed by atoms with Crippen molar-refractivity contribution >= 4 is 48.6 Å². The summed E-state index contributed by atoms with van der Waals surface area (Å²) in [4.78, 5) is 7.73. The lowest BCUT2D eigenvalue weighted by molar-refractivity contribution is 0.721. The summed E-state index contributed by atoms with van der Waals surface area (Å²) < 4.78 is 2.60. The Morgan fingerprint density at radius 3 is 2.15 bits per heavy atom. The molecule has 6 aromatic carbocycles. The average Bonchev–Trinajstić information content (AvgIpc) is 3.73. The number of thiophene rings is 1. The Kier molecular flexibility index (Phi) is 7.38. The fourth-order valence-corrected chi connectivity index (χ4v) is 9.84. The van der Waals surface area contributed by atoms with Gasteiger partial charge in [0.05, 0.1) is 11.4 Å². The third-order valence-corrected chi connectivity index (χ3v) is 12.3. The van der Waals surface area contributed by atoms with Gasteiger partial charge in [-0.15, -0.1) is 11.3 Å². The molecule has 0 spiro atoms. The van der Waals surface area contributed by atoms with E-state index >= 15 is 0 Å². The summed E-state index contributed by atoms with van der Waals surface area (Å²) >= 11 is 1.91. The second-order valence-corrected chi connectivity index (χ2v) is 15.2. The Hall–Kier alpha value is -6.29. The van der Waals surface area contributed by atoms with Gasteiger partial charge in [0.25, 0.3) is 0 Å². The molecule has 0 fully saturated rings. The van der Waals surface area contributed by atoms with Crippen LogP contribution in [0.5, 0.6) is 0 Å². The van der Waals surface area contributed by atoms with Gasteiger partial charge in [-0.05, 0) is 75.7 Å². The van der Waals surface area contributed by atoms with E-state index in [4.69, 9.17) is 4.98 Å². The maximum atomic E-state index is 5.37. The molecular formula is C50H36N2S. The summed E-state index contributed by atoms with van der Waals surface area (Å²) in [5.41, 5.74) is 14.0. The van der Waals surface area contributed by atoms with Gasteiger partial charge in [0, 0.05) is 43.3 Å². The van der Waals surface area contributed by atoms with Crippen LogP contribution in [-0.4, -0.2) is 11.5 Å². The lowest BCUT2D eigenvalue weighted by Gasteiger charge is -2.28. The zero-order valence-electron chi connectivity index (χ0n) is 29.5. The molecule has 0 radical (unpaired) electrons. The largest absolute Gasteiger partial charge is 0.322 e. The zero-order chi connectivity index (χ0) is 35.5. The lowest BCUT2D eigenvalue weighted by Crippen LogP contribution is -2.22. The highest BCUT2D eigenvalue weighted by molar-refractivity contribution is 7.26. The van der Waals surface area contributed by atoms with E-state index in [1.165, 1.54) is 48.0 Å². The first kappa shape index (κ1) is 31.4. The van der Waals surface area contributed by atoms with Crippen molar-refractivity contribution in [1.82, 2.24) is 4.98 Å². The summed E-state index contributed by atoms with van der Waals surface area (Å²) in [5.74, 6) is 0.902. The van der Waals surface area contributed by atoms with Gasteiger partial charge in [-0.25, -0.2) is 4.98 Å². The summed E-state index contributed by atoms with van der Waals surface area (Å²) in [6.45, 7) is 7.69. The summed E-state index contributed by atoms with van der Waals surface area (Å²) in [6.07, 6.45) is 8.56. The fourth-order valence-electron chi connectivity index (χ4n) is 8.47. The van der Waals surface area contributed by atoms with Gasteiger partial charge in [-0.3, -0.25) is 0 Å². The molecule has 53 heavy (non-hydrogen) atoms. The van der Waals surface area contributed by atoms with Crippen LogP contribution in [0.2, 0.25) is 0 Å². The molecule has 1 aliphatic carbocycles.